The fraction of sp³-hybridized carbons (Fsp3) is 0.833. The Morgan fingerprint density at radius 1 is 1.28 bits per heavy atom. The SMILES string of the molecule is NCC1(CC(=O)NC[C@H](O)C(=O)O)CCCCC1. The van der Waals surface area contributed by atoms with Crippen LogP contribution in [0.2, 0.25) is 0 Å². The van der Waals surface area contributed by atoms with Crippen molar-refractivity contribution in [3.05, 3.63) is 0 Å². The van der Waals surface area contributed by atoms with Crippen LogP contribution in [0.3, 0.4) is 0 Å². The Bertz CT molecular complexity index is 300. The van der Waals surface area contributed by atoms with E-state index in [0.29, 0.717) is 13.0 Å². The normalized spacial score (nSPS) is 20.1. The molecule has 104 valence electrons. The number of aliphatic carboxylic acids is 1. The second kappa shape index (κ2) is 6.70. The molecule has 0 unspecified atom stereocenters. The van der Waals surface area contributed by atoms with Gasteiger partial charge in [-0.25, -0.2) is 4.79 Å². The van der Waals surface area contributed by atoms with Crippen molar-refractivity contribution < 1.29 is 19.8 Å². The van der Waals surface area contributed by atoms with Crippen LogP contribution in [0.15, 0.2) is 0 Å². The number of amides is 1. The number of carboxylic acids is 1. The molecule has 1 aliphatic carbocycles. The number of hydrogen-bond donors (Lipinski definition) is 4. The number of carbonyl (C=O) groups excluding carboxylic acids is 1. The van der Waals surface area contributed by atoms with E-state index in [1.165, 1.54) is 6.42 Å². The fourth-order valence-electron chi connectivity index (χ4n) is 2.46. The van der Waals surface area contributed by atoms with Crippen molar-refractivity contribution in [2.45, 2.75) is 44.6 Å². The standard InChI is InChI=1S/C12H22N2O4/c13-8-12(4-2-1-3-5-12)6-10(16)14-7-9(15)11(17)18/h9,15H,1-8,13H2,(H,14,16)(H,17,18)/t9-/m0/s1. The average molecular weight is 258 g/mol. The van der Waals surface area contributed by atoms with Crippen LogP contribution < -0.4 is 11.1 Å². The summed E-state index contributed by atoms with van der Waals surface area (Å²) in [7, 11) is 0. The van der Waals surface area contributed by atoms with Crippen molar-refractivity contribution in [3.8, 4) is 0 Å². The summed E-state index contributed by atoms with van der Waals surface area (Å²) in [5.74, 6) is -1.57. The third kappa shape index (κ3) is 4.27. The highest BCUT2D eigenvalue weighted by molar-refractivity contribution is 5.78. The van der Waals surface area contributed by atoms with E-state index in [1.54, 1.807) is 0 Å². The van der Waals surface area contributed by atoms with Crippen LogP contribution in [-0.2, 0) is 9.59 Å². The van der Waals surface area contributed by atoms with Gasteiger partial charge in [-0.15, -0.1) is 0 Å². The minimum atomic E-state index is -1.55. The molecule has 0 heterocycles. The first kappa shape index (κ1) is 14.9. The van der Waals surface area contributed by atoms with Crippen molar-refractivity contribution in [2.75, 3.05) is 13.1 Å². The highest BCUT2D eigenvalue weighted by Gasteiger charge is 2.33. The Hall–Kier alpha value is -1.14. The lowest BCUT2D eigenvalue weighted by Crippen LogP contribution is -2.41. The summed E-state index contributed by atoms with van der Waals surface area (Å²) in [6, 6.07) is 0. The topological polar surface area (TPSA) is 113 Å². The van der Waals surface area contributed by atoms with Gasteiger partial charge in [0, 0.05) is 6.42 Å². The molecule has 6 nitrogen and oxygen atoms in total. The third-order valence-corrected chi connectivity index (χ3v) is 3.66. The molecule has 18 heavy (non-hydrogen) atoms. The van der Waals surface area contributed by atoms with Gasteiger partial charge in [-0.2, -0.15) is 0 Å². The van der Waals surface area contributed by atoms with Crippen molar-refractivity contribution in [3.63, 3.8) is 0 Å². The van der Waals surface area contributed by atoms with Gasteiger partial charge in [-0.05, 0) is 24.8 Å². The molecular formula is C12H22N2O4. The van der Waals surface area contributed by atoms with Crippen LogP contribution in [0.1, 0.15) is 38.5 Å². The maximum absolute atomic E-state index is 11.7. The summed E-state index contributed by atoms with van der Waals surface area (Å²) < 4.78 is 0. The molecule has 1 amide bonds. The number of nitrogens with one attached hydrogen (secondary N) is 1. The second-order valence-corrected chi connectivity index (χ2v) is 5.10. The van der Waals surface area contributed by atoms with E-state index in [1.807, 2.05) is 0 Å². The molecule has 0 aromatic heterocycles. The zero-order valence-corrected chi connectivity index (χ0v) is 10.5. The Kier molecular flexibility index (Phi) is 5.55. The molecule has 0 radical (unpaired) electrons. The summed E-state index contributed by atoms with van der Waals surface area (Å²) in [6.45, 7) is 0.219. The molecule has 1 atom stereocenters. The second-order valence-electron chi connectivity index (χ2n) is 5.10. The Morgan fingerprint density at radius 2 is 1.89 bits per heavy atom. The largest absolute Gasteiger partial charge is 0.479 e. The lowest BCUT2D eigenvalue weighted by Gasteiger charge is -2.35. The lowest BCUT2D eigenvalue weighted by atomic mass is 9.71. The first-order valence-electron chi connectivity index (χ1n) is 6.37. The summed E-state index contributed by atoms with van der Waals surface area (Å²) in [5.41, 5.74) is 5.62. The third-order valence-electron chi connectivity index (χ3n) is 3.66. The van der Waals surface area contributed by atoms with E-state index >= 15 is 0 Å². The molecule has 5 N–H and O–H groups in total. The van der Waals surface area contributed by atoms with Crippen LogP contribution in [0.4, 0.5) is 0 Å². The molecule has 1 aliphatic rings. The molecule has 0 aliphatic heterocycles. The number of carboxylic acid groups (broad SMARTS) is 1. The van der Waals surface area contributed by atoms with Gasteiger partial charge in [0.05, 0.1) is 6.54 Å². The van der Waals surface area contributed by atoms with E-state index in [2.05, 4.69) is 5.32 Å². The van der Waals surface area contributed by atoms with Gasteiger partial charge in [-0.3, -0.25) is 4.79 Å². The quantitative estimate of drug-likeness (QED) is 0.529. The fourth-order valence-corrected chi connectivity index (χ4v) is 2.46. The predicted molar refractivity (Wildman–Crippen MR) is 65.8 cm³/mol. The summed E-state index contributed by atoms with van der Waals surface area (Å²) in [4.78, 5) is 22.1. The average Bonchev–Trinajstić information content (AvgIpc) is 2.36. The lowest BCUT2D eigenvalue weighted by molar-refractivity contribution is -0.146. The Balaban J connectivity index is 2.40. The predicted octanol–water partition coefficient (Wildman–Crippen LogP) is -0.153. The van der Waals surface area contributed by atoms with Crippen molar-refractivity contribution in [1.29, 1.82) is 0 Å². The molecule has 0 saturated heterocycles. The molecule has 1 saturated carbocycles. The number of aliphatic hydroxyl groups excluding tert-OH is 1. The van der Waals surface area contributed by atoms with Crippen molar-refractivity contribution in [1.82, 2.24) is 5.32 Å². The van der Waals surface area contributed by atoms with Crippen molar-refractivity contribution in [2.24, 2.45) is 11.1 Å². The number of carbonyl (C=O) groups is 2. The minimum Gasteiger partial charge on any atom is -0.479 e. The smallest absolute Gasteiger partial charge is 0.334 e. The molecule has 0 bridgehead atoms. The van der Waals surface area contributed by atoms with E-state index in [4.69, 9.17) is 15.9 Å². The van der Waals surface area contributed by atoms with Crippen LogP contribution in [0, 0.1) is 5.41 Å². The van der Waals surface area contributed by atoms with Crippen LogP contribution in [0.5, 0.6) is 0 Å². The van der Waals surface area contributed by atoms with Gasteiger partial charge >= 0.3 is 5.97 Å². The van der Waals surface area contributed by atoms with E-state index in [9.17, 15) is 9.59 Å². The molecule has 6 heteroatoms. The maximum atomic E-state index is 11.7. The van der Waals surface area contributed by atoms with Gasteiger partial charge in [0.15, 0.2) is 6.10 Å². The van der Waals surface area contributed by atoms with Gasteiger partial charge < -0.3 is 21.3 Å². The molecule has 0 spiro atoms. The molecule has 0 aromatic carbocycles. The van der Waals surface area contributed by atoms with Crippen molar-refractivity contribution >= 4 is 11.9 Å². The zero-order chi connectivity index (χ0) is 13.6. The number of hydrogen-bond acceptors (Lipinski definition) is 4. The van der Waals surface area contributed by atoms with Crippen LogP contribution in [0.25, 0.3) is 0 Å². The monoisotopic (exact) mass is 258 g/mol. The highest BCUT2D eigenvalue weighted by atomic mass is 16.4. The van der Waals surface area contributed by atoms with E-state index in [-0.39, 0.29) is 17.9 Å². The molecule has 1 rings (SSSR count). The molecule has 1 fully saturated rings. The summed E-state index contributed by atoms with van der Waals surface area (Å²) in [6.07, 6.45) is 4.01. The van der Waals surface area contributed by atoms with Gasteiger partial charge in [0.25, 0.3) is 0 Å². The molecular weight excluding hydrogens is 236 g/mol. The maximum Gasteiger partial charge on any atom is 0.334 e. The number of aliphatic hydroxyl groups is 1. The summed E-state index contributed by atoms with van der Waals surface area (Å²) >= 11 is 0. The van der Waals surface area contributed by atoms with Gasteiger partial charge in [0.2, 0.25) is 5.91 Å². The first-order valence-corrected chi connectivity index (χ1v) is 6.37. The number of rotatable bonds is 6. The Morgan fingerprint density at radius 3 is 2.39 bits per heavy atom. The molecule has 0 aromatic rings. The summed E-state index contributed by atoms with van der Waals surface area (Å²) in [5, 5.41) is 20.0. The van der Waals surface area contributed by atoms with Crippen LogP contribution >= 0.6 is 0 Å². The Labute approximate surface area is 107 Å². The van der Waals surface area contributed by atoms with E-state index in [0.717, 1.165) is 25.7 Å². The zero-order valence-electron chi connectivity index (χ0n) is 10.5. The minimum absolute atomic E-state index is 0.142. The van der Waals surface area contributed by atoms with Gasteiger partial charge in [-0.1, -0.05) is 19.3 Å². The van der Waals surface area contributed by atoms with Crippen LogP contribution in [-0.4, -0.2) is 41.3 Å². The van der Waals surface area contributed by atoms with Gasteiger partial charge in [0.1, 0.15) is 0 Å². The number of nitrogens with two attached hydrogens (primary N) is 1. The van der Waals surface area contributed by atoms with E-state index < -0.39 is 12.1 Å². The highest BCUT2D eigenvalue weighted by Crippen LogP contribution is 2.38. The first-order chi connectivity index (χ1) is 8.49.